The minimum Gasteiger partial charge on any atom is -0.389 e. The van der Waals surface area contributed by atoms with Crippen LogP contribution in [-0.2, 0) is 0 Å². The standard InChI is InChI=1S/C13H18FN3S/c1-9-8-17(6-5-16(9)2)12-4-3-10(13(15)18)7-11(12)14/h3-4,7,9H,5-6,8H2,1-2H3,(H2,15,18). The molecule has 1 fully saturated rings. The van der Waals surface area contributed by atoms with Gasteiger partial charge in [-0.05, 0) is 32.2 Å². The lowest BCUT2D eigenvalue weighted by molar-refractivity contribution is 0.233. The van der Waals surface area contributed by atoms with Crippen molar-refractivity contribution in [2.75, 3.05) is 31.6 Å². The van der Waals surface area contributed by atoms with Crippen LogP contribution in [0.25, 0.3) is 0 Å². The molecule has 0 amide bonds. The van der Waals surface area contributed by atoms with Crippen molar-refractivity contribution in [3.8, 4) is 0 Å². The van der Waals surface area contributed by atoms with Gasteiger partial charge in [-0.15, -0.1) is 0 Å². The van der Waals surface area contributed by atoms with E-state index in [9.17, 15) is 4.39 Å². The van der Waals surface area contributed by atoms with Crippen LogP contribution in [0.2, 0.25) is 0 Å². The molecule has 2 N–H and O–H groups in total. The van der Waals surface area contributed by atoms with Crippen LogP contribution in [0, 0.1) is 5.82 Å². The zero-order valence-electron chi connectivity index (χ0n) is 10.7. The molecule has 1 aromatic carbocycles. The number of anilines is 1. The highest BCUT2D eigenvalue weighted by Crippen LogP contribution is 2.23. The molecule has 1 aliphatic rings. The molecule has 0 aliphatic carbocycles. The molecule has 98 valence electrons. The Morgan fingerprint density at radius 3 is 2.72 bits per heavy atom. The van der Waals surface area contributed by atoms with Gasteiger partial charge in [-0.3, -0.25) is 0 Å². The maximum Gasteiger partial charge on any atom is 0.147 e. The predicted octanol–water partition coefficient (Wildman–Crippen LogP) is 1.60. The second kappa shape index (κ2) is 5.20. The summed E-state index contributed by atoms with van der Waals surface area (Å²) in [5, 5.41) is 0. The van der Waals surface area contributed by atoms with E-state index in [1.807, 2.05) is 0 Å². The number of hydrogen-bond acceptors (Lipinski definition) is 3. The van der Waals surface area contributed by atoms with Crippen LogP contribution in [0.3, 0.4) is 0 Å². The van der Waals surface area contributed by atoms with Gasteiger partial charge >= 0.3 is 0 Å². The monoisotopic (exact) mass is 267 g/mol. The van der Waals surface area contributed by atoms with Gasteiger partial charge in [0.15, 0.2) is 0 Å². The Bertz CT molecular complexity index is 464. The molecule has 18 heavy (non-hydrogen) atoms. The summed E-state index contributed by atoms with van der Waals surface area (Å²) in [7, 11) is 2.09. The van der Waals surface area contributed by atoms with E-state index in [-0.39, 0.29) is 10.8 Å². The van der Waals surface area contributed by atoms with E-state index in [0.717, 1.165) is 19.6 Å². The van der Waals surface area contributed by atoms with Gasteiger partial charge in [-0.25, -0.2) is 4.39 Å². The van der Waals surface area contributed by atoms with Gasteiger partial charge in [0, 0.05) is 31.2 Å². The largest absolute Gasteiger partial charge is 0.389 e. The lowest BCUT2D eigenvalue weighted by atomic mass is 10.1. The van der Waals surface area contributed by atoms with Crippen molar-refractivity contribution in [3.63, 3.8) is 0 Å². The Labute approximate surface area is 112 Å². The average molecular weight is 267 g/mol. The molecule has 1 saturated heterocycles. The number of rotatable bonds is 2. The Morgan fingerprint density at radius 1 is 1.44 bits per heavy atom. The molecule has 1 aromatic rings. The zero-order chi connectivity index (χ0) is 13.3. The molecule has 1 aliphatic heterocycles. The quantitative estimate of drug-likeness (QED) is 0.825. The number of nitrogens with two attached hydrogens (primary N) is 1. The molecule has 0 saturated carbocycles. The third kappa shape index (κ3) is 2.62. The molecule has 1 heterocycles. The van der Waals surface area contributed by atoms with Crippen molar-refractivity contribution in [2.24, 2.45) is 5.73 Å². The first-order valence-electron chi connectivity index (χ1n) is 6.03. The fourth-order valence-corrected chi connectivity index (χ4v) is 2.31. The molecule has 0 spiro atoms. The summed E-state index contributed by atoms with van der Waals surface area (Å²) >= 11 is 4.85. The van der Waals surface area contributed by atoms with Crippen molar-refractivity contribution in [1.29, 1.82) is 0 Å². The third-order valence-electron chi connectivity index (χ3n) is 3.53. The topological polar surface area (TPSA) is 32.5 Å². The van der Waals surface area contributed by atoms with Crippen LogP contribution in [0.1, 0.15) is 12.5 Å². The Hall–Kier alpha value is -1.20. The molecule has 1 unspecified atom stereocenters. The first-order chi connectivity index (χ1) is 8.49. The maximum absolute atomic E-state index is 14.0. The van der Waals surface area contributed by atoms with E-state index in [2.05, 4.69) is 23.8 Å². The van der Waals surface area contributed by atoms with Crippen LogP contribution in [0.4, 0.5) is 10.1 Å². The van der Waals surface area contributed by atoms with E-state index < -0.39 is 0 Å². The first kappa shape index (κ1) is 13.2. The Kier molecular flexibility index (Phi) is 3.82. The SMILES string of the molecule is CC1CN(c2ccc(C(N)=S)cc2F)CCN1C. The Balaban J connectivity index is 2.21. The van der Waals surface area contributed by atoms with Gasteiger partial charge in [-0.2, -0.15) is 0 Å². The first-order valence-corrected chi connectivity index (χ1v) is 6.44. The molecule has 3 nitrogen and oxygen atoms in total. The average Bonchev–Trinajstić information content (AvgIpc) is 2.32. The molecule has 5 heteroatoms. The number of nitrogens with zero attached hydrogens (tertiary/aromatic N) is 2. The minimum atomic E-state index is -0.253. The summed E-state index contributed by atoms with van der Waals surface area (Å²) in [6, 6.07) is 5.39. The van der Waals surface area contributed by atoms with Crippen molar-refractivity contribution >= 4 is 22.9 Å². The van der Waals surface area contributed by atoms with E-state index in [0.29, 0.717) is 17.3 Å². The van der Waals surface area contributed by atoms with Crippen LogP contribution >= 0.6 is 12.2 Å². The molecule has 1 atom stereocenters. The normalized spacial score (nSPS) is 21.1. The number of benzene rings is 1. The van der Waals surface area contributed by atoms with Crippen LogP contribution in [0.15, 0.2) is 18.2 Å². The van der Waals surface area contributed by atoms with Gasteiger partial charge in [0.25, 0.3) is 0 Å². The highest BCUT2D eigenvalue weighted by atomic mass is 32.1. The van der Waals surface area contributed by atoms with Crippen LogP contribution in [0.5, 0.6) is 0 Å². The number of likely N-dealkylation sites (N-methyl/N-ethyl adjacent to an activating group) is 1. The molecule has 2 rings (SSSR count). The van der Waals surface area contributed by atoms with Crippen molar-refractivity contribution in [3.05, 3.63) is 29.6 Å². The van der Waals surface area contributed by atoms with Crippen molar-refractivity contribution in [1.82, 2.24) is 4.90 Å². The van der Waals surface area contributed by atoms with E-state index in [4.69, 9.17) is 18.0 Å². The summed E-state index contributed by atoms with van der Waals surface area (Å²) in [6.45, 7) is 4.76. The second-order valence-electron chi connectivity index (χ2n) is 4.81. The summed E-state index contributed by atoms with van der Waals surface area (Å²) in [5.74, 6) is -0.253. The number of thiocarbonyl (C=S) groups is 1. The van der Waals surface area contributed by atoms with E-state index in [1.54, 1.807) is 12.1 Å². The summed E-state index contributed by atoms with van der Waals surface area (Å²) < 4.78 is 14.0. The van der Waals surface area contributed by atoms with E-state index in [1.165, 1.54) is 6.07 Å². The molecule has 0 radical (unpaired) electrons. The molecular formula is C13H18FN3S. The second-order valence-corrected chi connectivity index (χ2v) is 5.25. The third-order valence-corrected chi connectivity index (χ3v) is 3.77. The summed E-state index contributed by atoms with van der Waals surface area (Å²) in [4.78, 5) is 4.58. The summed E-state index contributed by atoms with van der Waals surface area (Å²) in [6.07, 6.45) is 0. The maximum atomic E-state index is 14.0. The summed E-state index contributed by atoms with van der Waals surface area (Å²) in [5.41, 5.74) is 6.71. The minimum absolute atomic E-state index is 0.229. The molecular weight excluding hydrogens is 249 g/mol. The van der Waals surface area contributed by atoms with Gasteiger partial charge < -0.3 is 15.5 Å². The number of halogens is 1. The number of piperazine rings is 1. The van der Waals surface area contributed by atoms with Gasteiger partial charge in [0.1, 0.15) is 10.8 Å². The van der Waals surface area contributed by atoms with Crippen LogP contribution in [-0.4, -0.2) is 42.6 Å². The van der Waals surface area contributed by atoms with Crippen molar-refractivity contribution in [2.45, 2.75) is 13.0 Å². The fraction of sp³-hybridized carbons (Fsp3) is 0.462. The highest BCUT2D eigenvalue weighted by Gasteiger charge is 2.22. The molecule has 0 bridgehead atoms. The van der Waals surface area contributed by atoms with Gasteiger partial charge in [0.2, 0.25) is 0 Å². The van der Waals surface area contributed by atoms with Crippen LogP contribution < -0.4 is 10.6 Å². The highest BCUT2D eigenvalue weighted by molar-refractivity contribution is 7.80. The van der Waals surface area contributed by atoms with Gasteiger partial charge in [-0.1, -0.05) is 12.2 Å². The fourth-order valence-electron chi connectivity index (χ4n) is 2.18. The smallest absolute Gasteiger partial charge is 0.147 e. The number of hydrogen-bond donors (Lipinski definition) is 1. The lowest BCUT2D eigenvalue weighted by Gasteiger charge is -2.39. The molecule has 0 aromatic heterocycles. The van der Waals surface area contributed by atoms with E-state index >= 15 is 0 Å². The lowest BCUT2D eigenvalue weighted by Crippen LogP contribution is -2.50. The van der Waals surface area contributed by atoms with Crippen molar-refractivity contribution < 1.29 is 4.39 Å². The zero-order valence-corrected chi connectivity index (χ0v) is 11.5. The predicted molar refractivity (Wildman–Crippen MR) is 76.6 cm³/mol. The Morgan fingerprint density at radius 2 is 2.17 bits per heavy atom. The van der Waals surface area contributed by atoms with Gasteiger partial charge in [0.05, 0.1) is 5.69 Å².